The summed E-state index contributed by atoms with van der Waals surface area (Å²) in [7, 11) is 0. The van der Waals surface area contributed by atoms with Crippen LogP contribution in [-0.2, 0) is 9.53 Å². The third kappa shape index (κ3) is 7.31. The van der Waals surface area contributed by atoms with E-state index in [4.69, 9.17) is 15.9 Å². The number of aromatic nitrogens is 2. The van der Waals surface area contributed by atoms with Gasteiger partial charge in [0.15, 0.2) is 0 Å². The van der Waals surface area contributed by atoms with Gasteiger partial charge in [-0.2, -0.15) is 0 Å². The Labute approximate surface area is 224 Å². The molecule has 1 aromatic heterocycles. The molecule has 1 atom stereocenters. The maximum Gasteiger partial charge on any atom is 0.248 e. The summed E-state index contributed by atoms with van der Waals surface area (Å²) in [5.74, 6) is 3.57. The Hall–Kier alpha value is -3.93. The van der Waals surface area contributed by atoms with Gasteiger partial charge in [0, 0.05) is 41.7 Å². The minimum Gasteiger partial charge on any atom is -0.486 e. The van der Waals surface area contributed by atoms with E-state index < -0.39 is 0 Å². The maximum atomic E-state index is 12.9. The largest absolute Gasteiger partial charge is 0.486 e. The van der Waals surface area contributed by atoms with E-state index in [1.54, 1.807) is 6.08 Å². The number of ether oxygens (including phenoxy) is 2. The zero-order valence-corrected chi connectivity index (χ0v) is 22.1. The summed E-state index contributed by atoms with van der Waals surface area (Å²) in [5, 5.41) is 7.07. The minimum absolute atomic E-state index is 0.0822. The van der Waals surface area contributed by atoms with Crippen molar-refractivity contribution in [2.75, 3.05) is 43.5 Å². The Morgan fingerprint density at radius 2 is 2.08 bits per heavy atom. The molecule has 1 unspecified atom stereocenters. The topological polar surface area (TPSA) is 88.6 Å². The van der Waals surface area contributed by atoms with Crippen molar-refractivity contribution in [3.8, 4) is 18.1 Å². The van der Waals surface area contributed by atoms with Crippen LogP contribution in [0.25, 0.3) is 10.9 Å². The number of nitrogens with zero attached hydrogens (tertiary/aromatic N) is 3. The van der Waals surface area contributed by atoms with Crippen LogP contribution in [0.15, 0.2) is 54.9 Å². The van der Waals surface area contributed by atoms with Crippen LogP contribution in [0, 0.1) is 12.3 Å². The third-order valence-electron chi connectivity index (χ3n) is 6.18. The highest BCUT2D eigenvalue weighted by Crippen LogP contribution is 2.34. The summed E-state index contributed by atoms with van der Waals surface area (Å²) in [5.41, 5.74) is 2.81. The summed E-state index contributed by atoms with van der Waals surface area (Å²) in [6.07, 6.45) is 13.4. The van der Waals surface area contributed by atoms with Crippen molar-refractivity contribution in [3.63, 3.8) is 0 Å². The van der Waals surface area contributed by atoms with Crippen molar-refractivity contribution in [2.45, 2.75) is 39.2 Å². The molecule has 0 radical (unpaired) electrons. The van der Waals surface area contributed by atoms with E-state index in [0.29, 0.717) is 36.0 Å². The fraction of sp³-hybridized carbons (Fsp3) is 0.367. The van der Waals surface area contributed by atoms with Crippen LogP contribution >= 0.6 is 0 Å². The highest BCUT2D eigenvalue weighted by molar-refractivity contribution is 6.03. The van der Waals surface area contributed by atoms with E-state index in [1.807, 2.05) is 42.5 Å². The fourth-order valence-electron chi connectivity index (χ4n) is 4.40. The molecule has 2 heterocycles. The van der Waals surface area contributed by atoms with Gasteiger partial charge in [0.2, 0.25) is 5.91 Å². The average Bonchev–Trinajstić information content (AvgIpc) is 3.43. The van der Waals surface area contributed by atoms with Crippen molar-refractivity contribution in [2.24, 2.45) is 0 Å². The molecule has 3 aromatic rings. The van der Waals surface area contributed by atoms with E-state index in [0.717, 1.165) is 55.5 Å². The zero-order chi connectivity index (χ0) is 26.7. The summed E-state index contributed by atoms with van der Waals surface area (Å²) >= 11 is 0. The first-order valence-corrected chi connectivity index (χ1v) is 13.2. The number of hydrogen-bond donors (Lipinski definition) is 2. The number of anilines is 3. The summed E-state index contributed by atoms with van der Waals surface area (Å²) < 4.78 is 11.7. The third-order valence-corrected chi connectivity index (χ3v) is 6.18. The van der Waals surface area contributed by atoms with Crippen LogP contribution < -0.4 is 15.4 Å². The number of carbonyl (C=O) groups excluding carboxylic acids is 1. The molecular formula is C30H35N5O3. The molecule has 2 aromatic carbocycles. The SMILES string of the molecule is C#Cc1cccc(Nc2ncnc3cc(OC4CCOC4)c(NC(=O)/C=C/CN(CCC)CCC)cc23)c1. The molecule has 1 amide bonds. The van der Waals surface area contributed by atoms with Gasteiger partial charge in [-0.3, -0.25) is 9.69 Å². The highest BCUT2D eigenvalue weighted by Gasteiger charge is 2.20. The van der Waals surface area contributed by atoms with E-state index >= 15 is 0 Å². The molecule has 4 rings (SSSR count). The molecule has 1 aliphatic rings. The molecule has 8 heteroatoms. The number of carbonyl (C=O) groups is 1. The van der Waals surface area contributed by atoms with Crippen LogP contribution in [0.4, 0.5) is 17.2 Å². The molecule has 0 aliphatic carbocycles. The molecule has 0 spiro atoms. The smallest absolute Gasteiger partial charge is 0.248 e. The summed E-state index contributed by atoms with van der Waals surface area (Å²) in [4.78, 5) is 24.1. The quantitative estimate of drug-likeness (QED) is 0.256. The second-order valence-electron chi connectivity index (χ2n) is 9.23. The van der Waals surface area contributed by atoms with Crippen molar-refractivity contribution in [1.82, 2.24) is 14.9 Å². The van der Waals surface area contributed by atoms with E-state index in [1.165, 1.54) is 6.33 Å². The van der Waals surface area contributed by atoms with Gasteiger partial charge in [-0.1, -0.05) is 31.9 Å². The van der Waals surface area contributed by atoms with Gasteiger partial charge >= 0.3 is 0 Å². The molecule has 0 saturated carbocycles. The average molecular weight is 514 g/mol. The number of rotatable bonds is 12. The number of nitrogens with one attached hydrogen (secondary N) is 2. The van der Waals surface area contributed by atoms with Crippen molar-refractivity contribution in [3.05, 3.63) is 60.4 Å². The second-order valence-corrected chi connectivity index (χ2v) is 9.23. The van der Waals surface area contributed by atoms with Gasteiger partial charge in [0.1, 0.15) is 24.0 Å². The Morgan fingerprint density at radius 3 is 2.82 bits per heavy atom. The molecule has 1 saturated heterocycles. The first-order valence-electron chi connectivity index (χ1n) is 13.2. The van der Waals surface area contributed by atoms with Crippen molar-refractivity contribution in [1.29, 1.82) is 0 Å². The van der Waals surface area contributed by atoms with Gasteiger partial charge in [0.25, 0.3) is 0 Å². The Morgan fingerprint density at radius 1 is 1.24 bits per heavy atom. The van der Waals surface area contributed by atoms with Crippen LogP contribution in [-0.4, -0.2) is 59.7 Å². The molecule has 1 fully saturated rings. The summed E-state index contributed by atoms with van der Waals surface area (Å²) in [6, 6.07) is 11.2. The lowest BCUT2D eigenvalue weighted by atomic mass is 10.1. The predicted molar refractivity (Wildman–Crippen MR) is 152 cm³/mol. The number of amides is 1. The predicted octanol–water partition coefficient (Wildman–Crippen LogP) is 5.14. The summed E-state index contributed by atoms with van der Waals surface area (Å²) in [6.45, 7) is 8.23. The number of terminal acetylenes is 1. The van der Waals surface area contributed by atoms with Crippen LogP contribution in [0.3, 0.4) is 0 Å². The van der Waals surface area contributed by atoms with Crippen LogP contribution in [0.5, 0.6) is 5.75 Å². The normalized spacial score (nSPS) is 15.2. The highest BCUT2D eigenvalue weighted by atomic mass is 16.5. The Kier molecular flexibility index (Phi) is 9.68. The standard InChI is InChI=1S/C30H35N5O3/c1-4-13-35(14-5-2)15-8-11-29(36)34-27-18-25-26(19-28(27)38-24-12-16-37-20-24)31-21-32-30(25)33-23-10-7-9-22(6-3)17-23/h3,7-11,17-19,21,24H,4-5,12-16,20H2,1-2H3,(H,34,36)(H,31,32,33)/b11-8+. The monoisotopic (exact) mass is 513 g/mol. The molecule has 198 valence electrons. The van der Waals surface area contributed by atoms with Crippen LogP contribution in [0.1, 0.15) is 38.7 Å². The fourth-order valence-corrected chi connectivity index (χ4v) is 4.40. The van der Waals surface area contributed by atoms with Crippen molar-refractivity contribution < 1.29 is 14.3 Å². The first kappa shape index (κ1) is 27.1. The molecule has 2 N–H and O–H groups in total. The molecule has 38 heavy (non-hydrogen) atoms. The van der Waals surface area contributed by atoms with Crippen molar-refractivity contribution >= 4 is 34.0 Å². The Balaban J connectivity index is 1.61. The zero-order valence-electron chi connectivity index (χ0n) is 22.1. The van der Waals surface area contributed by atoms with E-state index in [-0.39, 0.29) is 12.0 Å². The number of fused-ring (bicyclic) bond motifs is 1. The second kappa shape index (κ2) is 13.6. The molecular weight excluding hydrogens is 478 g/mol. The van der Waals surface area contributed by atoms with Gasteiger partial charge < -0.3 is 20.1 Å². The van der Waals surface area contributed by atoms with E-state index in [2.05, 4.69) is 45.3 Å². The molecule has 0 bridgehead atoms. The first-order chi connectivity index (χ1) is 18.6. The van der Waals surface area contributed by atoms with Gasteiger partial charge in [0.05, 0.1) is 24.4 Å². The number of benzene rings is 2. The lowest BCUT2D eigenvalue weighted by Crippen LogP contribution is -2.25. The lowest BCUT2D eigenvalue weighted by Gasteiger charge is -2.19. The lowest BCUT2D eigenvalue weighted by molar-refractivity contribution is -0.111. The molecule has 8 nitrogen and oxygen atoms in total. The number of hydrogen-bond acceptors (Lipinski definition) is 7. The van der Waals surface area contributed by atoms with E-state index in [9.17, 15) is 4.79 Å². The van der Waals surface area contributed by atoms with Gasteiger partial charge in [-0.05, 0) is 50.2 Å². The minimum atomic E-state index is -0.224. The Bertz CT molecular complexity index is 1300. The van der Waals surface area contributed by atoms with Gasteiger partial charge in [-0.25, -0.2) is 9.97 Å². The van der Waals surface area contributed by atoms with Gasteiger partial charge in [-0.15, -0.1) is 6.42 Å². The maximum absolute atomic E-state index is 12.9. The van der Waals surface area contributed by atoms with Crippen LogP contribution in [0.2, 0.25) is 0 Å². The molecule has 1 aliphatic heterocycles.